The number of alkyl halides is 5. The van der Waals surface area contributed by atoms with Gasteiger partial charge in [-0.05, 0) is 6.92 Å². The predicted molar refractivity (Wildman–Crippen MR) is 54.7 cm³/mol. The Bertz CT molecular complexity index is 555. The van der Waals surface area contributed by atoms with Crippen molar-refractivity contribution in [3.63, 3.8) is 0 Å². The number of ether oxygens (including phenoxy) is 1. The standard InChI is InChI=1S/C10H6F5NO4/c1-4(17)5-2-7(16(18)19)8(20-9(11)12)3-6(5)10(13,14)15/h2-3,9H,1H3. The number of carbonyl (C=O) groups is 1. The van der Waals surface area contributed by atoms with Gasteiger partial charge in [-0.1, -0.05) is 0 Å². The maximum atomic E-state index is 12.7. The molecule has 0 aliphatic carbocycles. The molecular weight excluding hydrogens is 293 g/mol. The van der Waals surface area contributed by atoms with E-state index in [0.717, 1.165) is 6.92 Å². The molecular formula is C10H6F5NO4. The van der Waals surface area contributed by atoms with Crippen molar-refractivity contribution >= 4 is 11.5 Å². The van der Waals surface area contributed by atoms with E-state index in [1.54, 1.807) is 0 Å². The molecule has 0 atom stereocenters. The number of nitro benzene ring substituents is 1. The van der Waals surface area contributed by atoms with Gasteiger partial charge in [0.15, 0.2) is 5.78 Å². The summed E-state index contributed by atoms with van der Waals surface area (Å²) >= 11 is 0. The zero-order chi connectivity index (χ0) is 15.7. The van der Waals surface area contributed by atoms with Crippen LogP contribution in [-0.2, 0) is 6.18 Å². The number of hydrogen-bond donors (Lipinski definition) is 0. The summed E-state index contributed by atoms with van der Waals surface area (Å²) in [4.78, 5) is 20.5. The van der Waals surface area contributed by atoms with Crippen molar-refractivity contribution in [1.82, 2.24) is 0 Å². The highest BCUT2D eigenvalue weighted by atomic mass is 19.4. The van der Waals surface area contributed by atoms with Gasteiger partial charge < -0.3 is 4.74 Å². The van der Waals surface area contributed by atoms with Crippen LogP contribution in [0.4, 0.5) is 27.6 Å². The van der Waals surface area contributed by atoms with Crippen LogP contribution >= 0.6 is 0 Å². The summed E-state index contributed by atoms with van der Waals surface area (Å²) in [6.07, 6.45) is -5.05. The molecule has 0 fully saturated rings. The molecule has 0 heterocycles. The van der Waals surface area contributed by atoms with E-state index in [1.165, 1.54) is 0 Å². The maximum Gasteiger partial charge on any atom is 0.417 e. The SMILES string of the molecule is CC(=O)c1cc([N+](=O)[O-])c(OC(F)F)cc1C(F)(F)F. The van der Waals surface area contributed by atoms with E-state index in [9.17, 15) is 36.9 Å². The normalized spacial score (nSPS) is 11.6. The van der Waals surface area contributed by atoms with Crippen LogP contribution in [0.5, 0.6) is 5.75 Å². The summed E-state index contributed by atoms with van der Waals surface area (Å²) in [5.41, 5.74) is -3.72. The third-order valence-corrected chi connectivity index (χ3v) is 2.20. The molecule has 0 aliphatic rings. The van der Waals surface area contributed by atoms with E-state index in [0.29, 0.717) is 0 Å². The Balaban J connectivity index is 3.60. The molecule has 110 valence electrons. The lowest BCUT2D eigenvalue weighted by molar-refractivity contribution is -0.386. The second-order valence-electron chi connectivity index (χ2n) is 3.56. The molecule has 0 aliphatic heterocycles. The molecule has 0 unspecified atom stereocenters. The van der Waals surface area contributed by atoms with Crippen molar-refractivity contribution in [3.05, 3.63) is 33.4 Å². The van der Waals surface area contributed by atoms with Gasteiger partial charge in [-0.3, -0.25) is 14.9 Å². The molecule has 1 aromatic rings. The average Bonchev–Trinajstić information content (AvgIpc) is 2.25. The first-order chi connectivity index (χ1) is 9.04. The van der Waals surface area contributed by atoms with Crippen LogP contribution in [0.25, 0.3) is 0 Å². The zero-order valence-electron chi connectivity index (χ0n) is 9.70. The van der Waals surface area contributed by atoms with Gasteiger partial charge in [0.05, 0.1) is 10.5 Å². The van der Waals surface area contributed by atoms with Crippen LogP contribution in [-0.4, -0.2) is 17.3 Å². The Hall–Kier alpha value is -2.26. The van der Waals surface area contributed by atoms with Crippen LogP contribution in [0, 0.1) is 10.1 Å². The lowest BCUT2D eigenvalue weighted by atomic mass is 10.0. The van der Waals surface area contributed by atoms with E-state index in [-0.39, 0.29) is 12.1 Å². The molecule has 1 aromatic carbocycles. The van der Waals surface area contributed by atoms with Gasteiger partial charge in [-0.2, -0.15) is 22.0 Å². The zero-order valence-corrected chi connectivity index (χ0v) is 9.70. The van der Waals surface area contributed by atoms with Crippen molar-refractivity contribution in [3.8, 4) is 5.75 Å². The number of rotatable bonds is 4. The molecule has 0 spiro atoms. The second kappa shape index (κ2) is 5.39. The monoisotopic (exact) mass is 299 g/mol. The lowest BCUT2D eigenvalue weighted by Crippen LogP contribution is -2.14. The number of ketones is 1. The van der Waals surface area contributed by atoms with E-state index < -0.39 is 46.1 Å². The summed E-state index contributed by atoms with van der Waals surface area (Å²) in [7, 11) is 0. The second-order valence-corrected chi connectivity index (χ2v) is 3.56. The number of nitro groups is 1. The van der Waals surface area contributed by atoms with E-state index >= 15 is 0 Å². The number of Topliss-reactive ketones (excluding diaryl/α,β-unsaturated/α-hetero) is 1. The molecule has 20 heavy (non-hydrogen) atoms. The van der Waals surface area contributed by atoms with Crippen molar-refractivity contribution in [2.45, 2.75) is 19.7 Å². The summed E-state index contributed by atoms with van der Waals surface area (Å²) in [5, 5.41) is 10.6. The average molecular weight is 299 g/mol. The van der Waals surface area contributed by atoms with Gasteiger partial charge in [0.25, 0.3) is 0 Å². The quantitative estimate of drug-likeness (QED) is 0.370. The maximum absolute atomic E-state index is 12.7. The van der Waals surface area contributed by atoms with E-state index in [1.807, 2.05) is 0 Å². The Kier molecular flexibility index (Phi) is 4.26. The Morgan fingerprint density at radius 2 is 1.90 bits per heavy atom. The Labute approximate surface area is 108 Å². The predicted octanol–water partition coefficient (Wildman–Crippen LogP) is 3.42. The fourth-order valence-electron chi connectivity index (χ4n) is 1.43. The molecule has 0 aromatic heterocycles. The summed E-state index contributed by atoms with van der Waals surface area (Å²) < 4.78 is 65.9. The lowest BCUT2D eigenvalue weighted by Gasteiger charge is -2.13. The van der Waals surface area contributed by atoms with Gasteiger partial charge in [-0.15, -0.1) is 0 Å². The molecule has 0 saturated carbocycles. The van der Waals surface area contributed by atoms with E-state index in [2.05, 4.69) is 4.74 Å². The van der Waals surface area contributed by atoms with Crippen molar-refractivity contribution in [2.24, 2.45) is 0 Å². The third-order valence-electron chi connectivity index (χ3n) is 2.20. The molecule has 5 nitrogen and oxygen atoms in total. The van der Waals surface area contributed by atoms with Crippen molar-refractivity contribution in [1.29, 1.82) is 0 Å². The first kappa shape index (κ1) is 15.8. The highest BCUT2D eigenvalue weighted by molar-refractivity contribution is 5.96. The summed E-state index contributed by atoms with van der Waals surface area (Å²) in [6, 6.07) is 0.282. The van der Waals surface area contributed by atoms with Gasteiger partial charge >= 0.3 is 18.5 Å². The minimum Gasteiger partial charge on any atom is -0.427 e. The number of benzene rings is 1. The van der Waals surface area contributed by atoms with Crippen LogP contribution < -0.4 is 4.74 Å². The topological polar surface area (TPSA) is 69.4 Å². The molecule has 0 amide bonds. The molecule has 0 radical (unpaired) electrons. The molecule has 1 rings (SSSR count). The van der Waals surface area contributed by atoms with Crippen LogP contribution in [0.2, 0.25) is 0 Å². The summed E-state index contributed by atoms with van der Waals surface area (Å²) in [5.74, 6) is -2.36. The molecule has 0 bridgehead atoms. The van der Waals surface area contributed by atoms with Crippen molar-refractivity contribution in [2.75, 3.05) is 0 Å². The van der Waals surface area contributed by atoms with Gasteiger partial charge in [-0.25, -0.2) is 0 Å². The van der Waals surface area contributed by atoms with Gasteiger partial charge in [0.1, 0.15) is 0 Å². The van der Waals surface area contributed by atoms with Crippen LogP contribution in [0.1, 0.15) is 22.8 Å². The Morgan fingerprint density at radius 1 is 1.35 bits per heavy atom. The number of carbonyl (C=O) groups excluding carboxylic acids is 1. The highest BCUT2D eigenvalue weighted by Crippen LogP contribution is 2.39. The fraction of sp³-hybridized carbons (Fsp3) is 0.300. The molecule has 0 N–H and O–H groups in total. The minimum absolute atomic E-state index is 0.0149. The molecule has 10 heteroatoms. The van der Waals surface area contributed by atoms with E-state index in [4.69, 9.17) is 0 Å². The summed E-state index contributed by atoms with van der Waals surface area (Å²) in [6.45, 7) is -2.78. The smallest absolute Gasteiger partial charge is 0.417 e. The van der Waals surface area contributed by atoms with Gasteiger partial charge in [0, 0.05) is 17.7 Å². The highest BCUT2D eigenvalue weighted by Gasteiger charge is 2.37. The first-order valence-corrected chi connectivity index (χ1v) is 4.89. The fourth-order valence-corrected chi connectivity index (χ4v) is 1.43. The largest absolute Gasteiger partial charge is 0.427 e. The van der Waals surface area contributed by atoms with Crippen LogP contribution in [0.3, 0.4) is 0 Å². The molecule has 0 saturated heterocycles. The first-order valence-electron chi connectivity index (χ1n) is 4.89. The Morgan fingerprint density at radius 3 is 2.25 bits per heavy atom. The number of halogens is 5. The number of nitrogens with zero attached hydrogens (tertiary/aromatic N) is 1. The minimum atomic E-state index is -5.05. The van der Waals surface area contributed by atoms with Crippen LogP contribution in [0.15, 0.2) is 12.1 Å². The van der Waals surface area contributed by atoms with Gasteiger partial charge in [0.2, 0.25) is 5.75 Å². The number of hydrogen-bond acceptors (Lipinski definition) is 4. The third kappa shape index (κ3) is 3.39. The van der Waals surface area contributed by atoms with Crippen molar-refractivity contribution < 1.29 is 36.4 Å².